The average molecular weight is 372 g/mol. The first kappa shape index (κ1) is 13.4. The van der Waals surface area contributed by atoms with Crippen molar-refractivity contribution >= 4 is 33.3 Å². The second-order valence-corrected chi connectivity index (χ2v) is 5.98. The summed E-state index contributed by atoms with van der Waals surface area (Å²) in [5, 5.41) is 0.941. The first-order chi connectivity index (χ1) is 11.7. The molecule has 0 aliphatic heterocycles. The van der Waals surface area contributed by atoms with Gasteiger partial charge < -0.3 is 9.88 Å². The molecule has 0 aliphatic rings. The van der Waals surface area contributed by atoms with Gasteiger partial charge in [0.1, 0.15) is 10.6 Å². The van der Waals surface area contributed by atoms with Crippen molar-refractivity contribution in [2.24, 2.45) is 6.98 Å². The van der Waals surface area contributed by atoms with Gasteiger partial charge in [0.2, 0.25) is 0 Å². The van der Waals surface area contributed by atoms with Crippen LogP contribution in [0.2, 0.25) is 5.02 Å². The van der Waals surface area contributed by atoms with E-state index in [0.29, 0.717) is 18.3 Å². The van der Waals surface area contributed by atoms with Gasteiger partial charge in [-0.05, 0) is 0 Å². The minimum Gasteiger partial charge on any atom is -0.344 e. The molecule has 1 heterocycles. The molecule has 23 heavy (non-hydrogen) atoms. The number of rotatable bonds is 3. The van der Waals surface area contributed by atoms with Gasteiger partial charge in [-0.15, -0.1) is 0 Å². The number of aromatic nitrogens is 1. The Hall–Kier alpha value is -2.04. The van der Waals surface area contributed by atoms with Crippen LogP contribution in [0.1, 0.15) is 14.6 Å². The van der Waals surface area contributed by atoms with E-state index in [1.54, 1.807) is 0 Å². The van der Waals surface area contributed by atoms with Crippen LogP contribution in [0.3, 0.4) is 0 Å². The maximum absolute atomic E-state index is 13.2. The molecular weight excluding hydrogens is 361 g/mol. The highest BCUT2D eigenvalue weighted by Gasteiger charge is 2.26. The molecule has 2 aromatic rings. The molecule has 0 atom stereocenters. The lowest BCUT2D eigenvalue weighted by Gasteiger charge is -2.07. The lowest BCUT2D eigenvalue weighted by atomic mass is 10.2. The summed E-state index contributed by atoms with van der Waals surface area (Å²) in [4.78, 5) is 11.2. The monoisotopic (exact) mass is 371 g/mol. The molecule has 11 heteroatoms. The molecule has 1 aromatic heterocycles. The van der Waals surface area contributed by atoms with Crippen LogP contribution in [-0.2, 0) is 17.1 Å². The number of hydrogen-bond donors (Lipinski definition) is 2. The molecule has 1 amide bonds. The van der Waals surface area contributed by atoms with Gasteiger partial charge in [-0.2, -0.15) is 8.42 Å². The molecule has 0 spiro atoms. The van der Waals surface area contributed by atoms with Crippen molar-refractivity contribution in [1.82, 2.24) is 4.57 Å². The van der Waals surface area contributed by atoms with E-state index in [2.05, 4.69) is 0 Å². The predicted molar refractivity (Wildman–Crippen MR) is 74.5 cm³/mol. The molecule has 0 aliphatic carbocycles. The number of nitrogens with one attached hydrogen (secondary N) is 1. The molecular formula is C12H8ClF3N2O4S. The third-order valence-electron chi connectivity index (χ3n) is 2.65. The van der Waals surface area contributed by atoms with Crippen LogP contribution in [0.15, 0.2) is 23.2 Å². The molecule has 0 saturated heterocycles. The number of nitrogens with zero attached hydrogens (tertiary/aromatic N) is 1. The van der Waals surface area contributed by atoms with Crippen LogP contribution in [0, 0.1) is 17.5 Å². The van der Waals surface area contributed by atoms with Crippen LogP contribution in [0.25, 0.3) is 0 Å². The van der Waals surface area contributed by atoms with E-state index in [9.17, 15) is 26.4 Å². The van der Waals surface area contributed by atoms with Crippen LogP contribution in [0.4, 0.5) is 18.9 Å². The van der Waals surface area contributed by atoms with E-state index in [4.69, 9.17) is 20.3 Å². The molecule has 0 saturated carbocycles. The fraction of sp³-hybridized carbons (Fsp3) is 0.0833. The average Bonchev–Trinajstić information content (AvgIpc) is 2.82. The minimum absolute atomic E-state index is 0.185. The maximum atomic E-state index is 13.2. The first-order valence-corrected chi connectivity index (χ1v) is 7.40. The van der Waals surface area contributed by atoms with Gasteiger partial charge in [-0.3, -0.25) is 9.35 Å². The lowest BCUT2D eigenvalue weighted by molar-refractivity contribution is 0.101. The van der Waals surface area contributed by atoms with Crippen molar-refractivity contribution in [2.45, 2.75) is 4.90 Å². The van der Waals surface area contributed by atoms with Crippen molar-refractivity contribution < 1.29 is 35.0 Å². The molecule has 0 fully saturated rings. The molecule has 0 radical (unpaired) electrons. The molecule has 1 aromatic carbocycles. The van der Waals surface area contributed by atoms with Crippen molar-refractivity contribution in [3.05, 3.63) is 46.5 Å². The van der Waals surface area contributed by atoms with E-state index in [0.717, 1.165) is 0 Å². The maximum Gasteiger partial charge on any atom is 0.297 e. The standard InChI is InChI=1S/C12H8ClF3N2O4S/c1-18-4-8(23(20,21)22)9(13)11(18)12(19)17-5-2-6(14)10(16)7(15)3-5/h2-4H,1H3,(H,17,19)(H,20,21,22)/i1D3. The fourth-order valence-corrected chi connectivity index (χ4v) is 2.75. The van der Waals surface area contributed by atoms with Crippen LogP contribution in [-0.4, -0.2) is 23.4 Å². The lowest BCUT2D eigenvalue weighted by Crippen LogP contribution is -2.16. The van der Waals surface area contributed by atoms with E-state index in [1.165, 1.54) is 0 Å². The zero-order chi connectivity index (χ0) is 20.0. The highest BCUT2D eigenvalue weighted by Crippen LogP contribution is 2.28. The van der Waals surface area contributed by atoms with Gasteiger partial charge in [0.15, 0.2) is 17.5 Å². The first-order valence-electron chi connectivity index (χ1n) is 7.08. The van der Waals surface area contributed by atoms with Crippen LogP contribution in [0.5, 0.6) is 0 Å². The summed E-state index contributed by atoms with van der Waals surface area (Å²) >= 11 is 5.69. The van der Waals surface area contributed by atoms with Crippen LogP contribution < -0.4 is 5.32 Å². The van der Waals surface area contributed by atoms with Gasteiger partial charge in [0, 0.05) is 35.1 Å². The Morgan fingerprint density at radius 2 is 1.91 bits per heavy atom. The summed E-state index contributed by atoms with van der Waals surface area (Å²) in [7, 11) is -4.97. The molecule has 0 unspecified atom stereocenters. The van der Waals surface area contributed by atoms with E-state index in [-0.39, 0.29) is 4.57 Å². The van der Waals surface area contributed by atoms with Gasteiger partial charge in [-0.25, -0.2) is 13.2 Å². The predicted octanol–water partition coefficient (Wildman–Crippen LogP) is 2.59. The van der Waals surface area contributed by atoms with Crippen molar-refractivity contribution in [1.29, 1.82) is 0 Å². The number of anilines is 1. The second-order valence-electron chi connectivity index (χ2n) is 4.21. The summed E-state index contributed by atoms with van der Waals surface area (Å²) < 4.78 is 93.0. The molecule has 0 bridgehead atoms. The number of carbonyl (C=O) groups excluding carboxylic acids is 1. The summed E-state index contributed by atoms with van der Waals surface area (Å²) in [5.74, 6) is -6.42. The van der Waals surface area contributed by atoms with E-state index in [1.807, 2.05) is 5.32 Å². The normalized spacial score (nSPS) is 14.0. The number of benzene rings is 1. The highest BCUT2D eigenvalue weighted by molar-refractivity contribution is 7.86. The molecule has 2 rings (SSSR count). The molecule has 124 valence electrons. The van der Waals surface area contributed by atoms with E-state index < -0.39 is 61.8 Å². The zero-order valence-electron chi connectivity index (χ0n) is 13.8. The Balaban J connectivity index is 2.57. The Morgan fingerprint density at radius 1 is 1.35 bits per heavy atom. The summed E-state index contributed by atoms with van der Waals surface area (Å²) in [6.45, 7) is -3.08. The van der Waals surface area contributed by atoms with Crippen molar-refractivity contribution in [3.8, 4) is 0 Å². The fourth-order valence-electron chi connectivity index (χ4n) is 1.67. The molecule has 6 nitrogen and oxygen atoms in total. The second kappa shape index (κ2) is 5.87. The minimum atomic E-state index is -4.97. The topological polar surface area (TPSA) is 88.4 Å². The zero-order valence-corrected chi connectivity index (χ0v) is 12.3. The highest BCUT2D eigenvalue weighted by atomic mass is 35.5. The molecule has 2 N–H and O–H groups in total. The van der Waals surface area contributed by atoms with Crippen molar-refractivity contribution in [2.75, 3.05) is 5.32 Å². The number of carbonyl (C=O) groups is 1. The van der Waals surface area contributed by atoms with Gasteiger partial charge >= 0.3 is 0 Å². The van der Waals surface area contributed by atoms with Gasteiger partial charge in [-0.1, -0.05) is 11.6 Å². The number of amides is 1. The largest absolute Gasteiger partial charge is 0.344 e. The Kier molecular flexibility index (Phi) is 3.42. The summed E-state index contributed by atoms with van der Waals surface area (Å²) in [6, 6.07) is 0.826. The Bertz CT molecular complexity index is 985. The van der Waals surface area contributed by atoms with Crippen molar-refractivity contribution in [3.63, 3.8) is 0 Å². The Labute approximate surface area is 137 Å². The third kappa shape index (κ3) is 3.33. The summed E-state index contributed by atoms with van der Waals surface area (Å²) in [6.07, 6.45) is 0.408. The summed E-state index contributed by atoms with van der Waals surface area (Å²) in [5.41, 5.74) is -1.52. The number of hydrogen-bond acceptors (Lipinski definition) is 3. The van der Waals surface area contributed by atoms with Gasteiger partial charge in [0.05, 0.1) is 5.02 Å². The smallest absolute Gasteiger partial charge is 0.297 e. The van der Waals surface area contributed by atoms with Gasteiger partial charge in [0.25, 0.3) is 16.0 Å². The third-order valence-corrected chi connectivity index (χ3v) is 4.01. The SMILES string of the molecule is [2H]C([2H])([2H])n1cc(S(=O)(=O)O)c(Cl)c1C(=O)Nc1cc(F)c(F)c(F)c1. The Morgan fingerprint density at radius 3 is 2.39 bits per heavy atom. The number of aryl methyl sites for hydroxylation is 1. The van der Waals surface area contributed by atoms with Crippen LogP contribution >= 0.6 is 11.6 Å². The van der Waals surface area contributed by atoms with E-state index >= 15 is 0 Å². The quantitative estimate of drug-likeness (QED) is 0.641. The number of halogens is 4.